The van der Waals surface area contributed by atoms with Gasteiger partial charge in [0.25, 0.3) is 0 Å². The summed E-state index contributed by atoms with van der Waals surface area (Å²) in [6, 6.07) is 23.4. The fourth-order valence-corrected chi connectivity index (χ4v) is 3.05. The Labute approximate surface area is 157 Å². The van der Waals surface area contributed by atoms with Crippen LogP contribution in [0.1, 0.15) is 0 Å². The highest BCUT2D eigenvalue weighted by Crippen LogP contribution is 2.25. The summed E-state index contributed by atoms with van der Waals surface area (Å²) in [5.74, 6) is 0.723. The van der Waals surface area contributed by atoms with Crippen molar-refractivity contribution < 1.29 is 9.53 Å². The number of hydrogen-bond acceptors (Lipinski definition) is 3. The smallest absolute Gasteiger partial charge is 0.244 e. The average molecular weight is 357 g/mol. The number of carbonyl (C=O) groups excluding carboxylic acids is 1. The quantitative estimate of drug-likeness (QED) is 0.578. The van der Waals surface area contributed by atoms with E-state index >= 15 is 0 Å². The molecule has 134 valence electrons. The van der Waals surface area contributed by atoms with Crippen LogP contribution in [-0.4, -0.2) is 22.6 Å². The van der Waals surface area contributed by atoms with Crippen LogP contribution in [0.3, 0.4) is 0 Å². The molecule has 27 heavy (non-hydrogen) atoms. The lowest BCUT2D eigenvalue weighted by Gasteiger charge is -2.09. The van der Waals surface area contributed by atoms with Crippen LogP contribution in [0, 0.1) is 0 Å². The van der Waals surface area contributed by atoms with Crippen molar-refractivity contribution in [1.29, 1.82) is 0 Å². The van der Waals surface area contributed by atoms with Crippen molar-refractivity contribution in [3.05, 3.63) is 79.1 Å². The summed E-state index contributed by atoms with van der Waals surface area (Å²) in [6.45, 7) is 0.216. The van der Waals surface area contributed by atoms with Crippen LogP contribution < -0.4 is 10.1 Å². The molecule has 5 heteroatoms. The number of anilines is 1. The van der Waals surface area contributed by atoms with Crippen LogP contribution in [0.25, 0.3) is 22.2 Å². The molecule has 0 radical (unpaired) electrons. The number of fused-ring (bicyclic) bond motifs is 1. The lowest BCUT2D eigenvalue weighted by atomic mass is 10.1. The zero-order valence-corrected chi connectivity index (χ0v) is 14.9. The predicted molar refractivity (Wildman–Crippen MR) is 107 cm³/mol. The monoisotopic (exact) mass is 357 g/mol. The van der Waals surface area contributed by atoms with Crippen molar-refractivity contribution in [2.45, 2.75) is 6.54 Å². The number of carbonyl (C=O) groups is 1. The standard InChI is InChI=1S/C22H19N3O2/c1-27-19-11-9-16(10-12-19)17-5-4-6-18(13-17)24-22(26)14-25-15-23-20-7-2-3-8-21(20)25/h2-13,15H,14H2,1H3,(H,24,26). The molecule has 0 aliphatic rings. The number of benzene rings is 3. The normalized spacial score (nSPS) is 10.7. The van der Waals surface area contributed by atoms with E-state index in [-0.39, 0.29) is 12.5 Å². The van der Waals surface area contributed by atoms with Gasteiger partial charge < -0.3 is 14.6 Å². The minimum atomic E-state index is -0.0926. The van der Waals surface area contributed by atoms with Crippen molar-refractivity contribution in [1.82, 2.24) is 9.55 Å². The molecule has 0 bridgehead atoms. The first-order valence-electron chi connectivity index (χ1n) is 8.67. The molecule has 4 rings (SSSR count). The van der Waals surface area contributed by atoms with Crippen LogP contribution in [0.15, 0.2) is 79.1 Å². The number of nitrogens with one attached hydrogen (secondary N) is 1. The maximum absolute atomic E-state index is 12.5. The van der Waals surface area contributed by atoms with Gasteiger partial charge in [0.05, 0.1) is 24.5 Å². The summed E-state index contributed by atoms with van der Waals surface area (Å²) in [5, 5.41) is 2.97. The number of para-hydroxylation sites is 2. The maximum atomic E-state index is 12.5. The van der Waals surface area contributed by atoms with E-state index in [9.17, 15) is 4.79 Å². The third-order valence-corrected chi connectivity index (χ3v) is 4.41. The van der Waals surface area contributed by atoms with Crippen molar-refractivity contribution in [2.75, 3.05) is 12.4 Å². The van der Waals surface area contributed by atoms with Crippen LogP contribution in [0.2, 0.25) is 0 Å². The molecule has 1 aromatic heterocycles. The number of ether oxygens (including phenoxy) is 1. The second kappa shape index (κ2) is 7.33. The molecular weight excluding hydrogens is 338 g/mol. The van der Waals surface area contributed by atoms with Crippen LogP contribution >= 0.6 is 0 Å². The summed E-state index contributed by atoms with van der Waals surface area (Å²) < 4.78 is 7.04. The summed E-state index contributed by atoms with van der Waals surface area (Å²) in [7, 11) is 1.65. The van der Waals surface area contributed by atoms with Gasteiger partial charge >= 0.3 is 0 Å². The number of amides is 1. The average Bonchev–Trinajstić information content (AvgIpc) is 3.11. The first kappa shape index (κ1) is 16.8. The van der Waals surface area contributed by atoms with Crippen LogP contribution in [0.4, 0.5) is 5.69 Å². The highest BCUT2D eigenvalue weighted by molar-refractivity contribution is 5.92. The molecule has 0 aliphatic heterocycles. The summed E-state index contributed by atoms with van der Waals surface area (Å²) >= 11 is 0. The zero-order chi connectivity index (χ0) is 18.6. The third-order valence-electron chi connectivity index (χ3n) is 4.41. The zero-order valence-electron chi connectivity index (χ0n) is 14.9. The molecule has 5 nitrogen and oxygen atoms in total. The van der Waals surface area contributed by atoms with Gasteiger partial charge in [-0.05, 0) is 47.5 Å². The number of imidazole rings is 1. The third kappa shape index (κ3) is 3.67. The Morgan fingerprint density at radius 2 is 1.81 bits per heavy atom. The molecular formula is C22H19N3O2. The van der Waals surface area contributed by atoms with Crippen LogP contribution in [0.5, 0.6) is 5.75 Å². The molecule has 0 spiro atoms. The molecule has 1 heterocycles. The van der Waals surface area contributed by atoms with Gasteiger partial charge in [0.1, 0.15) is 12.3 Å². The maximum Gasteiger partial charge on any atom is 0.244 e. The Kier molecular flexibility index (Phi) is 4.58. The Bertz CT molecular complexity index is 1080. The fourth-order valence-electron chi connectivity index (χ4n) is 3.05. The van der Waals surface area contributed by atoms with Crippen molar-refractivity contribution in [2.24, 2.45) is 0 Å². The van der Waals surface area contributed by atoms with E-state index in [2.05, 4.69) is 10.3 Å². The van der Waals surface area contributed by atoms with Gasteiger partial charge in [-0.2, -0.15) is 0 Å². The lowest BCUT2D eigenvalue weighted by molar-refractivity contribution is -0.116. The van der Waals surface area contributed by atoms with Gasteiger partial charge in [-0.3, -0.25) is 4.79 Å². The van der Waals surface area contributed by atoms with Gasteiger partial charge in [-0.1, -0.05) is 36.4 Å². The molecule has 0 saturated carbocycles. The predicted octanol–water partition coefficient (Wildman–Crippen LogP) is 4.35. The largest absolute Gasteiger partial charge is 0.497 e. The highest BCUT2D eigenvalue weighted by atomic mass is 16.5. The summed E-state index contributed by atoms with van der Waals surface area (Å²) in [4.78, 5) is 16.8. The second-order valence-electron chi connectivity index (χ2n) is 6.22. The van der Waals surface area contributed by atoms with E-state index < -0.39 is 0 Å². The van der Waals surface area contributed by atoms with E-state index in [1.54, 1.807) is 13.4 Å². The van der Waals surface area contributed by atoms with E-state index in [1.165, 1.54) is 0 Å². The van der Waals surface area contributed by atoms with Gasteiger partial charge in [0.15, 0.2) is 0 Å². The summed E-state index contributed by atoms with van der Waals surface area (Å²) in [5.41, 5.74) is 4.68. The number of aromatic nitrogens is 2. The van der Waals surface area contributed by atoms with E-state index in [4.69, 9.17) is 4.74 Å². The number of rotatable bonds is 5. The minimum absolute atomic E-state index is 0.0926. The molecule has 0 atom stereocenters. The molecule has 3 aromatic carbocycles. The fraction of sp³-hybridized carbons (Fsp3) is 0.0909. The van der Waals surface area contributed by atoms with Crippen LogP contribution in [-0.2, 0) is 11.3 Å². The van der Waals surface area contributed by atoms with E-state index in [0.717, 1.165) is 33.6 Å². The van der Waals surface area contributed by atoms with Crippen molar-refractivity contribution >= 4 is 22.6 Å². The van der Waals surface area contributed by atoms with Crippen molar-refractivity contribution in [3.8, 4) is 16.9 Å². The highest BCUT2D eigenvalue weighted by Gasteiger charge is 2.08. The molecule has 0 fully saturated rings. The van der Waals surface area contributed by atoms with Gasteiger partial charge in [0.2, 0.25) is 5.91 Å². The first-order valence-corrected chi connectivity index (χ1v) is 8.67. The Balaban J connectivity index is 1.49. The lowest BCUT2D eigenvalue weighted by Crippen LogP contribution is -2.18. The number of hydrogen-bond donors (Lipinski definition) is 1. The summed E-state index contributed by atoms with van der Waals surface area (Å²) in [6.07, 6.45) is 1.69. The first-order chi connectivity index (χ1) is 13.2. The van der Waals surface area contributed by atoms with Crippen molar-refractivity contribution in [3.63, 3.8) is 0 Å². The van der Waals surface area contributed by atoms with Gasteiger partial charge in [-0.15, -0.1) is 0 Å². The second-order valence-corrected chi connectivity index (χ2v) is 6.22. The Morgan fingerprint density at radius 1 is 1.00 bits per heavy atom. The number of nitrogens with zero attached hydrogens (tertiary/aromatic N) is 2. The SMILES string of the molecule is COc1ccc(-c2cccc(NC(=O)Cn3cnc4ccccc43)c2)cc1. The molecule has 0 aliphatic carbocycles. The van der Waals surface area contributed by atoms with E-state index in [0.29, 0.717) is 0 Å². The molecule has 1 amide bonds. The minimum Gasteiger partial charge on any atom is -0.497 e. The number of methoxy groups -OCH3 is 1. The molecule has 0 saturated heterocycles. The topological polar surface area (TPSA) is 56.1 Å². The molecule has 1 N–H and O–H groups in total. The van der Waals surface area contributed by atoms with E-state index in [1.807, 2.05) is 77.4 Å². The van der Waals surface area contributed by atoms with Gasteiger partial charge in [0, 0.05) is 5.69 Å². The van der Waals surface area contributed by atoms with Gasteiger partial charge in [-0.25, -0.2) is 4.98 Å². The molecule has 0 unspecified atom stereocenters. The molecule has 4 aromatic rings. The Morgan fingerprint density at radius 3 is 2.63 bits per heavy atom. The Hall–Kier alpha value is -3.60.